The number of aliphatic hydroxyl groups is 1. The van der Waals surface area contributed by atoms with Crippen LogP contribution < -0.4 is 15.8 Å². The van der Waals surface area contributed by atoms with Gasteiger partial charge < -0.3 is 25.6 Å². The number of hydrogen-bond donors (Lipinski definition) is 3. The number of hydrogen-bond acceptors (Lipinski definition) is 5. The molecule has 0 spiro atoms. The van der Waals surface area contributed by atoms with Gasteiger partial charge in [-0.1, -0.05) is 6.42 Å². The van der Waals surface area contributed by atoms with E-state index in [2.05, 4.69) is 5.32 Å². The third kappa shape index (κ3) is 4.26. The zero-order chi connectivity index (χ0) is 16.9. The van der Waals surface area contributed by atoms with E-state index in [1.807, 2.05) is 12.1 Å². The number of amides is 1. The van der Waals surface area contributed by atoms with Gasteiger partial charge in [-0.25, -0.2) is 0 Å². The van der Waals surface area contributed by atoms with Gasteiger partial charge in [0.1, 0.15) is 18.0 Å². The lowest BCUT2D eigenvalue weighted by Gasteiger charge is -2.28. The number of anilines is 1. The first-order chi connectivity index (χ1) is 11.7. The Morgan fingerprint density at radius 1 is 1.21 bits per heavy atom. The molecule has 4 N–H and O–H groups in total. The molecule has 3 rings (SSSR count). The van der Waals surface area contributed by atoms with Gasteiger partial charge >= 0.3 is 0 Å². The minimum Gasteiger partial charge on any atom is -0.488 e. The second-order valence-corrected chi connectivity index (χ2v) is 6.58. The maximum Gasteiger partial charge on any atom is 0.253 e. The molecule has 1 aliphatic heterocycles. The Morgan fingerprint density at radius 2 is 1.96 bits per heavy atom. The zero-order valence-electron chi connectivity index (χ0n) is 13.8. The standard InChI is InChI=1S/C18H26N2O4/c19-11-14-9-10-17(24-14)18(22)20-12-5-7-13(8-6-12)23-16-4-2-1-3-15(16)21/h5-8,14-17,21H,1-4,9-11,19H2,(H,20,22)/t14-,15?,16?,17+/m1/s1. The van der Waals surface area contributed by atoms with Gasteiger partial charge in [-0.2, -0.15) is 0 Å². The van der Waals surface area contributed by atoms with Crippen molar-refractivity contribution in [1.82, 2.24) is 0 Å². The van der Waals surface area contributed by atoms with Crippen LogP contribution >= 0.6 is 0 Å². The molecule has 0 bridgehead atoms. The highest BCUT2D eigenvalue weighted by Gasteiger charge is 2.30. The number of nitrogens with one attached hydrogen (secondary N) is 1. The molecule has 6 nitrogen and oxygen atoms in total. The molecule has 1 heterocycles. The fourth-order valence-corrected chi connectivity index (χ4v) is 3.30. The van der Waals surface area contributed by atoms with Crippen molar-refractivity contribution in [2.24, 2.45) is 5.73 Å². The number of carbonyl (C=O) groups is 1. The van der Waals surface area contributed by atoms with Gasteiger partial charge in [0.25, 0.3) is 5.91 Å². The molecule has 1 aliphatic carbocycles. The lowest BCUT2D eigenvalue weighted by atomic mass is 9.95. The summed E-state index contributed by atoms with van der Waals surface area (Å²) in [6.45, 7) is 0.447. The fourth-order valence-electron chi connectivity index (χ4n) is 3.30. The third-order valence-electron chi connectivity index (χ3n) is 4.74. The van der Waals surface area contributed by atoms with Gasteiger partial charge in [0.05, 0.1) is 12.2 Å². The average molecular weight is 334 g/mol. The summed E-state index contributed by atoms with van der Waals surface area (Å²) in [7, 11) is 0. The lowest BCUT2D eigenvalue weighted by molar-refractivity contribution is -0.126. The maximum absolute atomic E-state index is 12.2. The van der Waals surface area contributed by atoms with Crippen molar-refractivity contribution in [1.29, 1.82) is 0 Å². The summed E-state index contributed by atoms with van der Waals surface area (Å²) in [6.07, 6.45) is 4.36. The zero-order valence-corrected chi connectivity index (χ0v) is 13.8. The number of aliphatic hydroxyl groups excluding tert-OH is 1. The highest BCUT2D eigenvalue weighted by atomic mass is 16.5. The lowest BCUT2D eigenvalue weighted by Crippen LogP contribution is -2.34. The van der Waals surface area contributed by atoms with Gasteiger partial charge in [0.2, 0.25) is 0 Å². The molecule has 2 unspecified atom stereocenters. The fraction of sp³-hybridized carbons (Fsp3) is 0.611. The van der Waals surface area contributed by atoms with Crippen LogP contribution in [0.5, 0.6) is 5.75 Å². The second kappa shape index (κ2) is 7.96. The topological polar surface area (TPSA) is 93.8 Å². The summed E-state index contributed by atoms with van der Waals surface area (Å²) >= 11 is 0. The van der Waals surface area contributed by atoms with Crippen molar-refractivity contribution in [3.8, 4) is 5.75 Å². The van der Waals surface area contributed by atoms with Crippen LogP contribution in [0.2, 0.25) is 0 Å². The minimum atomic E-state index is -0.424. The summed E-state index contributed by atoms with van der Waals surface area (Å²) < 4.78 is 11.4. The SMILES string of the molecule is NC[C@H]1CC[C@@H](C(=O)Nc2ccc(OC3CCCCC3O)cc2)O1. The Labute approximate surface area is 142 Å². The molecule has 1 saturated heterocycles. The number of rotatable bonds is 5. The Balaban J connectivity index is 1.52. The molecule has 2 fully saturated rings. The first kappa shape index (κ1) is 17.2. The predicted octanol–water partition coefficient (Wildman–Crippen LogP) is 1.81. The summed E-state index contributed by atoms with van der Waals surface area (Å²) in [5, 5.41) is 12.8. The number of nitrogens with two attached hydrogens (primary N) is 1. The number of benzene rings is 1. The number of ether oxygens (including phenoxy) is 2. The Kier molecular flexibility index (Phi) is 5.71. The van der Waals surface area contributed by atoms with E-state index in [-0.39, 0.29) is 18.1 Å². The van der Waals surface area contributed by atoms with Crippen molar-refractivity contribution in [2.45, 2.75) is 62.9 Å². The largest absolute Gasteiger partial charge is 0.488 e. The third-order valence-corrected chi connectivity index (χ3v) is 4.74. The Bertz CT molecular complexity index is 548. The van der Waals surface area contributed by atoms with E-state index in [9.17, 15) is 9.90 Å². The molecular formula is C18H26N2O4. The van der Waals surface area contributed by atoms with Crippen LogP contribution in [0, 0.1) is 0 Å². The van der Waals surface area contributed by atoms with Crippen LogP contribution in [0.25, 0.3) is 0 Å². The van der Waals surface area contributed by atoms with E-state index < -0.39 is 12.2 Å². The molecule has 0 radical (unpaired) electrons. The molecule has 1 aromatic rings. The highest BCUT2D eigenvalue weighted by Crippen LogP contribution is 2.25. The second-order valence-electron chi connectivity index (χ2n) is 6.58. The van der Waals surface area contributed by atoms with Gasteiger partial charge in [0.15, 0.2) is 0 Å². The van der Waals surface area contributed by atoms with E-state index in [1.54, 1.807) is 12.1 Å². The van der Waals surface area contributed by atoms with Crippen molar-refractivity contribution < 1.29 is 19.4 Å². The molecular weight excluding hydrogens is 308 g/mol. The average Bonchev–Trinajstić information content (AvgIpc) is 3.08. The Morgan fingerprint density at radius 3 is 2.62 bits per heavy atom. The molecule has 24 heavy (non-hydrogen) atoms. The summed E-state index contributed by atoms with van der Waals surface area (Å²) in [4.78, 5) is 12.2. The first-order valence-corrected chi connectivity index (χ1v) is 8.77. The van der Waals surface area contributed by atoms with Crippen LogP contribution in [0.3, 0.4) is 0 Å². The molecule has 2 aliphatic rings. The van der Waals surface area contributed by atoms with E-state index >= 15 is 0 Å². The van der Waals surface area contributed by atoms with Gasteiger partial charge in [-0.15, -0.1) is 0 Å². The van der Waals surface area contributed by atoms with Gasteiger partial charge in [0, 0.05) is 12.2 Å². The molecule has 0 aromatic heterocycles. The van der Waals surface area contributed by atoms with E-state index in [0.29, 0.717) is 24.4 Å². The maximum atomic E-state index is 12.2. The van der Waals surface area contributed by atoms with E-state index in [4.69, 9.17) is 15.2 Å². The van der Waals surface area contributed by atoms with Crippen LogP contribution in [0.15, 0.2) is 24.3 Å². The monoisotopic (exact) mass is 334 g/mol. The molecule has 1 amide bonds. The quantitative estimate of drug-likeness (QED) is 0.763. The van der Waals surface area contributed by atoms with Crippen LogP contribution in [0.1, 0.15) is 38.5 Å². The summed E-state index contributed by atoms with van der Waals surface area (Å²) in [6, 6.07) is 7.24. The van der Waals surface area contributed by atoms with Gasteiger partial charge in [-0.05, 0) is 56.4 Å². The normalized spacial score (nSPS) is 30.1. The highest BCUT2D eigenvalue weighted by molar-refractivity contribution is 5.94. The molecule has 1 saturated carbocycles. The minimum absolute atomic E-state index is 0.0153. The number of carbonyl (C=O) groups excluding carboxylic acids is 1. The van der Waals surface area contributed by atoms with Crippen LogP contribution in [0.4, 0.5) is 5.69 Å². The van der Waals surface area contributed by atoms with Crippen molar-refractivity contribution in [3.63, 3.8) is 0 Å². The van der Waals surface area contributed by atoms with E-state index in [0.717, 1.165) is 32.1 Å². The molecule has 6 heteroatoms. The summed E-state index contributed by atoms with van der Waals surface area (Å²) in [5.41, 5.74) is 6.27. The first-order valence-electron chi connectivity index (χ1n) is 8.77. The van der Waals surface area contributed by atoms with Crippen molar-refractivity contribution >= 4 is 11.6 Å². The van der Waals surface area contributed by atoms with Crippen molar-refractivity contribution in [3.05, 3.63) is 24.3 Å². The van der Waals surface area contributed by atoms with Crippen molar-refractivity contribution in [2.75, 3.05) is 11.9 Å². The Hall–Kier alpha value is -1.63. The van der Waals surface area contributed by atoms with E-state index in [1.165, 1.54) is 0 Å². The van der Waals surface area contributed by atoms with Crippen LogP contribution in [-0.4, -0.2) is 42.0 Å². The van der Waals surface area contributed by atoms with Crippen LogP contribution in [-0.2, 0) is 9.53 Å². The smallest absolute Gasteiger partial charge is 0.253 e. The molecule has 4 atom stereocenters. The summed E-state index contributed by atoms with van der Waals surface area (Å²) in [5.74, 6) is 0.571. The molecule has 132 valence electrons. The predicted molar refractivity (Wildman–Crippen MR) is 90.9 cm³/mol. The molecule has 1 aromatic carbocycles. The van der Waals surface area contributed by atoms with Gasteiger partial charge in [-0.3, -0.25) is 4.79 Å².